The third-order valence-corrected chi connectivity index (χ3v) is 5.95. The van der Waals surface area contributed by atoms with Crippen molar-refractivity contribution in [3.05, 3.63) is 42.2 Å². The molecule has 0 aromatic carbocycles. The highest BCUT2D eigenvalue weighted by Crippen LogP contribution is 2.31. The molecule has 3 heterocycles. The molecule has 6 nitrogen and oxygen atoms in total. The molecule has 1 aliphatic carbocycles. The minimum absolute atomic E-state index is 0.374. The van der Waals surface area contributed by atoms with Gasteiger partial charge in [0.15, 0.2) is 0 Å². The van der Waals surface area contributed by atoms with Gasteiger partial charge >= 0.3 is 0 Å². The maximum absolute atomic E-state index is 12.5. The number of imidazole rings is 1. The number of piperidine rings is 1. The van der Waals surface area contributed by atoms with Gasteiger partial charge in [0.25, 0.3) is 11.7 Å². The lowest BCUT2D eigenvalue weighted by Gasteiger charge is -2.32. The van der Waals surface area contributed by atoms with Crippen LogP contribution in [0, 0.1) is 5.92 Å². The molecule has 2 aromatic heterocycles. The van der Waals surface area contributed by atoms with Gasteiger partial charge in [-0.25, -0.2) is 4.98 Å². The second-order valence-electron chi connectivity index (χ2n) is 7.63. The van der Waals surface area contributed by atoms with Crippen LogP contribution in [0.2, 0.25) is 0 Å². The van der Waals surface area contributed by atoms with Crippen LogP contribution in [0.3, 0.4) is 0 Å². The molecule has 0 unspecified atom stereocenters. The van der Waals surface area contributed by atoms with Crippen molar-refractivity contribution in [3.8, 4) is 0 Å². The number of carbonyl (C=O) groups excluding carboxylic acids is 2. The van der Waals surface area contributed by atoms with Gasteiger partial charge in [0.05, 0.1) is 5.69 Å². The van der Waals surface area contributed by atoms with E-state index in [1.807, 2.05) is 6.20 Å². The number of rotatable bonds is 5. The molecule has 4 rings (SSSR count). The molecule has 1 amide bonds. The molecule has 2 fully saturated rings. The number of ketones is 1. The Morgan fingerprint density at radius 1 is 1.15 bits per heavy atom. The van der Waals surface area contributed by atoms with Gasteiger partial charge in [0.1, 0.15) is 5.82 Å². The van der Waals surface area contributed by atoms with E-state index >= 15 is 0 Å². The Kier molecular flexibility index (Phi) is 4.66. The number of carbonyl (C=O) groups is 2. The number of aryl methyl sites for hydroxylation is 1. The maximum Gasteiger partial charge on any atom is 0.296 e. The average molecular weight is 354 g/mol. The number of aromatic nitrogens is 3. The van der Waals surface area contributed by atoms with Crippen molar-refractivity contribution >= 4 is 11.7 Å². The fourth-order valence-electron chi connectivity index (χ4n) is 4.08. The predicted molar refractivity (Wildman–Crippen MR) is 97.9 cm³/mol. The Morgan fingerprint density at radius 3 is 2.54 bits per heavy atom. The van der Waals surface area contributed by atoms with Crippen LogP contribution in [-0.4, -0.2) is 43.8 Å². The van der Waals surface area contributed by atoms with Crippen LogP contribution in [-0.2, 0) is 18.4 Å². The quantitative estimate of drug-likeness (QED) is 0.612. The van der Waals surface area contributed by atoms with E-state index in [-0.39, 0.29) is 5.91 Å². The first-order valence-corrected chi connectivity index (χ1v) is 9.59. The predicted octanol–water partition coefficient (Wildman–Crippen LogP) is 2.61. The summed E-state index contributed by atoms with van der Waals surface area (Å²) in [5.41, 5.74) is 0.452. The van der Waals surface area contributed by atoms with E-state index in [9.17, 15) is 9.59 Å². The van der Waals surface area contributed by atoms with Crippen LogP contribution in [0.5, 0.6) is 0 Å². The van der Waals surface area contributed by atoms with E-state index in [4.69, 9.17) is 0 Å². The highest BCUT2D eigenvalue weighted by Gasteiger charge is 2.31. The lowest BCUT2D eigenvalue weighted by molar-refractivity contribution is -0.127. The van der Waals surface area contributed by atoms with Crippen molar-refractivity contribution in [2.75, 3.05) is 13.1 Å². The van der Waals surface area contributed by atoms with Crippen LogP contribution >= 0.6 is 0 Å². The van der Waals surface area contributed by atoms with Gasteiger partial charge in [-0.3, -0.25) is 9.59 Å². The van der Waals surface area contributed by atoms with Crippen LogP contribution in [0.1, 0.15) is 54.3 Å². The zero-order valence-corrected chi connectivity index (χ0v) is 15.3. The lowest BCUT2D eigenvalue weighted by atomic mass is 9.85. The van der Waals surface area contributed by atoms with Crippen LogP contribution in [0.25, 0.3) is 0 Å². The van der Waals surface area contributed by atoms with E-state index < -0.39 is 5.78 Å². The molecule has 0 N–H and O–H groups in total. The zero-order valence-electron chi connectivity index (χ0n) is 15.3. The smallest absolute Gasteiger partial charge is 0.296 e. The number of nitrogens with zero attached hydrogens (tertiary/aromatic N) is 4. The standard InChI is InChI=1S/C20H26N4O2/c1-22-10-3-6-17(22)18(25)20(26)23-11-7-16(8-12-23)19-21-9-13-24(19)14-15-4-2-5-15/h3,6,9-10,13,15-16H,2,4-5,7-8,11-12,14H2,1H3. The average Bonchev–Trinajstić information content (AvgIpc) is 3.26. The molecule has 1 saturated carbocycles. The summed E-state index contributed by atoms with van der Waals surface area (Å²) >= 11 is 0. The third kappa shape index (κ3) is 3.20. The largest absolute Gasteiger partial charge is 0.348 e. The summed E-state index contributed by atoms with van der Waals surface area (Å²) in [4.78, 5) is 31.3. The molecule has 0 spiro atoms. The van der Waals surface area contributed by atoms with Crippen molar-refractivity contribution in [2.24, 2.45) is 13.0 Å². The number of hydrogen-bond acceptors (Lipinski definition) is 3. The Balaban J connectivity index is 1.37. The summed E-state index contributed by atoms with van der Waals surface area (Å²) < 4.78 is 4.01. The van der Waals surface area contributed by atoms with E-state index in [1.165, 1.54) is 19.3 Å². The highest BCUT2D eigenvalue weighted by atomic mass is 16.2. The third-order valence-electron chi connectivity index (χ3n) is 5.95. The van der Waals surface area contributed by atoms with Crippen molar-refractivity contribution in [2.45, 2.75) is 44.6 Å². The minimum atomic E-state index is -0.414. The summed E-state index contributed by atoms with van der Waals surface area (Å²) in [6, 6.07) is 3.49. The van der Waals surface area contributed by atoms with Crippen molar-refractivity contribution in [3.63, 3.8) is 0 Å². The molecule has 6 heteroatoms. The fraction of sp³-hybridized carbons (Fsp3) is 0.550. The van der Waals surface area contributed by atoms with Gasteiger partial charge in [-0.15, -0.1) is 0 Å². The van der Waals surface area contributed by atoms with Crippen LogP contribution in [0.15, 0.2) is 30.7 Å². The van der Waals surface area contributed by atoms with E-state index in [2.05, 4.69) is 15.7 Å². The Hall–Kier alpha value is -2.37. The maximum atomic E-state index is 12.5. The molecule has 26 heavy (non-hydrogen) atoms. The second-order valence-corrected chi connectivity index (χ2v) is 7.63. The number of hydrogen-bond donors (Lipinski definition) is 0. The monoisotopic (exact) mass is 354 g/mol. The van der Waals surface area contributed by atoms with Gasteiger partial charge in [-0.2, -0.15) is 0 Å². The SMILES string of the molecule is Cn1cccc1C(=O)C(=O)N1CCC(c2nccn2CC2CCC2)CC1. The topological polar surface area (TPSA) is 60.1 Å². The molecule has 0 radical (unpaired) electrons. The summed E-state index contributed by atoms with van der Waals surface area (Å²) in [5.74, 6) is 1.52. The van der Waals surface area contributed by atoms with E-state index in [1.54, 1.807) is 34.8 Å². The summed E-state index contributed by atoms with van der Waals surface area (Å²) in [6.07, 6.45) is 11.5. The normalized spacial score (nSPS) is 18.7. The summed E-state index contributed by atoms with van der Waals surface area (Å²) in [5, 5.41) is 0. The first-order valence-electron chi connectivity index (χ1n) is 9.59. The first kappa shape index (κ1) is 17.1. The Labute approximate surface area is 153 Å². The molecule has 2 aromatic rings. The van der Waals surface area contributed by atoms with Crippen LogP contribution < -0.4 is 0 Å². The van der Waals surface area contributed by atoms with Gasteiger partial charge in [-0.1, -0.05) is 6.42 Å². The molecule has 1 saturated heterocycles. The van der Waals surface area contributed by atoms with Gasteiger partial charge in [0, 0.05) is 51.2 Å². The number of amides is 1. The Morgan fingerprint density at radius 2 is 1.92 bits per heavy atom. The summed E-state index contributed by atoms with van der Waals surface area (Å²) in [7, 11) is 1.79. The summed E-state index contributed by atoms with van der Waals surface area (Å²) in [6.45, 7) is 2.31. The zero-order chi connectivity index (χ0) is 18.1. The molecular formula is C20H26N4O2. The molecule has 0 bridgehead atoms. The molecule has 2 aliphatic rings. The van der Waals surface area contributed by atoms with Crippen molar-refractivity contribution < 1.29 is 9.59 Å². The number of likely N-dealkylation sites (tertiary alicyclic amines) is 1. The number of Topliss-reactive ketones (excluding diaryl/α,β-unsaturated/α-hetero) is 1. The second kappa shape index (κ2) is 7.09. The fourth-order valence-corrected chi connectivity index (χ4v) is 4.08. The highest BCUT2D eigenvalue weighted by molar-refractivity contribution is 6.42. The van der Waals surface area contributed by atoms with Gasteiger partial charge in [-0.05, 0) is 43.7 Å². The van der Waals surface area contributed by atoms with Gasteiger partial charge < -0.3 is 14.0 Å². The van der Waals surface area contributed by atoms with Crippen molar-refractivity contribution in [1.82, 2.24) is 19.0 Å². The lowest BCUT2D eigenvalue weighted by Crippen LogP contribution is -2.42. The van der Waals surface area contributed by atoms with E-state index in [0.717, 1.165) is 31.1 Å². The molecule has 1 aliphatic heterocycles. The van der Waals surface area contributed by atoms with E-state index in [0.29, 0.717) is 24.7 Å². The molecule has 0 atom stereocenters. The first-order chi connectivity index (χ1) is 12.6. The minimum Gasteiger partial charge on any atom is -0.348 e. The molecule has 138 valence electrons. The van der Waals surface area contributed by atoms with Crippen molar-refractivity contribution in [1.29, 1.82) is 0 Å². The van der Waals surface area contributed by atoms with Crippen LogP contribution in [0.4, 0.5) is 0 Å². The Bertz CT molecular complexity index is 794. The molecular weight excluding hydrogens is 328 g/mol. The van der Waals surface area contributed by atoms with Gasteiger partial charge in [0.2, 0.25) is 0 Å².